The molecule has 0 amide bonds. The zero-order chi connectivity index (χ0) is 19.7. The number of carboxylic acids is 1. The van der Waals surface area contributed by atoms with Crippen molar-refractivity contribution in [2.24, 2.45) is 0 Å². The molecular weight excluding hydrogens is 360 g/mol. The third kappa shape index (κ3) is 4.61. The minimum atomic E-state index is -1.08. The van der Waals surface area contributed by atoms with Crippen molar-refractivity contribution < 1.29 is 14.6 Å². The fourth-order valence-electron chi connectivity index (χ4n) is 3.97. The van der Waals surface area contributed by atoms with E-state index in [1.54, 1.807) is 11.8 Å². The topological polar surface area (TPSA) is 53.0 Å². The van der Waals surface area contributed by atoms with E-state index < -0.39 is 11.6 Å². The van der Waals surface area contributed by atoms with Crippen LogP contribution in [0.1, 0.15) is 39.2 Å². The summed E-state index contributed by atoms with van der Waals surface area (Å²) in [7, 11) is 2.19. The molecule has 2 heterocycles. The highest BCUT2D eigenvalue weighted by atomic mass is 32.2. The molecule has 1 aromatic rings. The molecule has 1 atom stereocenters. The van der Waals surface area contributed by atoms with Crippen LogP contribution in [0.25, 0.3) is 0 Å². The number of ether oxygens (including phenoxy) is 1. The zero-order valence-electron chi connectivity index (χ0n) is 16.9. The molecule has 2 aliphatic heterocycles. The minimum absolute atomic E-state index is 0.147. The van der Waals surface area contributed by atoms with Crippen LogP contribution in [0.4, 0.5) is 0 Å². The molecule has 1 N–H and O–H groups in total. The van der Waals surface area contributed by atoms with Crippen LogP contribution < -0.4 is 4.74 Å². The summed E-state index contributed by atoms with van der Waals surface area (Å²) in [5, 5.41) is 9.75. The molecule has 27 heavy (non-hydrogen) atoms. The number of hydrogen-bond acceptors (Lipinski definition) is 5. The third-order valence-corrected chi connectivity index (χ3v) is 7.06. The second-order valence-corrected chi connectivity index (χ2v) is 9.83. The van der Waals surface area contributed by atoms with Crippen LogP contribution in [0.5, 0.6) is 5.75 Å². The van der Waals surface area contributed by atoms with E-state index in [1.165, 1.54) is 5.56 Å². The molecule has 0 unspecified atom stereocenters. The maximum absolute atomic E-state index is 11.9. The van der Waals surface area contributed by atoms with E-state index in [1.807, 2.05) is 18.2 Å². The van der Waals surface area contributed by atoms with Gasteiger partial charge in [-0.1, -0.05) is 12.1 Å². The summed E-state index contributed by atoms with van der Waals surface area (Å²) in [5.74, 6) is 1.49. The van der Waals surface area contributed by atoms with Gasteiger partial charge in [0, 0.05) is 44.1 Å². The highest BCUT2D eigenvalue weighted by Gasteiger charge is 2.42. The highest BCUT2D eigenvalue weighted by Crippen LogP contribution is 2.33. The van der Waals surface area contributed by atoms with Crippen LogP contribution in [0.2, 0.25) is 0 Å². The smallest absolute Gasteiger partial charge is 0.348 e. The molecule has 0 spiro atoms. The molecule has 0 radical (unpaired) electrons. The number of carbonyl (C=O) groups is 1. The molecule has 0 bridgehead atoms. The number of hydrogen-bond donors (Lipinski definition) is 1. The van der Waals surface area contributed by atoms with Gasteiger partial charge in [-0.2, -0.15) is 11.8 Å². The number of rotatable bonds is 5. The van der Waals surface area contributed by atoms with Crippen LogP contribution in [0.15, 0.2) is 24.3 Å². The predicted octanol–water partition coefficient (Wildman–Crippen LogP) is 3.33. The number of nitrogens with zero attached hydrogens (tertiary/aromatic N) is 2. The lowest BCUT2D eigenvalue weighted by Crippen LogP contribution is -2.60. The van der Waals surface area contributed by atoms with Gasteiger partial charge in [-0.3, -0.25) is 9.80 Å². The van der Waals surface area contributed by atoms with Crippen molar-refractivity contribution in [1.29, 1.82) is 0 Å². The fraction of sp³-hybridized carbons (Fsp3) is 0.667. The highest BCUT2D eigenvalue weighted by molar-refractivity contribution is 7.99. The van der Waals surface area contributed by atoms with Gasteiger partial charge >= 0.3 is 5.97 Å². The number of likely N-dealkylation sites (N-methyl/N-ethyl adjacent to an activating group) is 1. The minimum Gasteiger partial charge on any atom is -0.478 e. The zero-order valence-corrected chi connectivity index (χ0v) is 17.7. The Kier molecular flexibility index (Phi) is 6.08. The summed E-state index contributed by atoms with van der Waals surface area (Å²) < 4.78 is 6.08. The maximum Gasteiger partial charge on any atom is 0.348 e. The number of aliphatic carboxylic acids is 1. The van der Waals surface area contributed by atoms with Crippen molar-refractivity contribution in [3.05, 3.63) is 29.8 Å². The lowest BCUT2D eigenvalue weighted by Gasteiger charge is -2.49. The Balaban J connectivity index is 1.73. The summed E-state index contributed by atoms with van der Waals surface area (Å²) in [6.07, 6.45) is 1.11. The van der Waals surface area contributed by atoms with Crippen LogP contribution >= 0.6 is 11.8 Å². The SMILES string of the molecule is C[C@H]1CN(C)C(C)(C)CN1Cc1cccc(OC2(C(=O)O)CCSCC2)c1. The van der Waals surface area contributed by atoms with Gasteiger partial charge in [-0.25, -0.2) is 4.79 Å². The van der Waals surface area contributed by atoms with Crippen molar-refractivity contribution in [1.82, 2.24) is 9.80 Å². The van der Waals surface area contributed by atoms with Crippen molar-refractivity contribution >= 4 is 17.7 Å². The van der Waals surface area contributed by atoms with E-state index in [0.29, 0.717) is 24.6 Å². The molecule has 2 fully saturated rings. The Bertz CT molecular complexity index is 673. The summed E-state index contributed by atoms with van der Waals surface area (Å²) in [6, 6.07) is 8.46. The van der Waals surface area contributed by atoms with Crippen LogP contribution in [-0.4, -0.2) is 69.7 Å². The first-order chi connectivity index (χ1) is 12.7. The van der Waals surface area contributed by atoms with Crippen molar-refractivity contribution in [2.45, 2.75) is 57.3 Å². The molecule has 2 saturated heterocycles. The first kappa shape index (κ1) is 20.5. The molecule has 6 heteroatoms. The van der Waals surface area contributed by atoms with Gasteiger partial charge in [0.2, 0.25) is 5.60 Å². The lowest BCUT2D eigenvalue weighted by molar-refractivity contribution is -0.156. The van der Waals surface area contributed by atoms with Crippen LogP contribution in [-0.2, 0) is 11.3 Å². The second kappa shape index (κ2) is 8.02. The summed E-state index contributed by atoms with van der Waals surface area (Å²) in [4.78, 5) is 16.8. The largest absolute Gasteiger partial charge is 0.478 e. The van der Waals surface area contributed by atoms with Gasteiger partial charge in [-0.15, -0.1) is 0 Å². The number of thioether (sulfide) groups is 1. The normalized spacial score (nSPS) is 25.9. The van der Waals surface area contributed by atoms with Gasteiger partial charge in [-0.05, 0) is 57.0 Å². The maximum atomic E-state index is 11.9. The molecule has 2 aliphatic rings. The average Bonchev–Trinajstić information content (AvgIpc) is 2.61. The first-order valence-corrected chi connectivity index (χ1v) is 10.9. The molecule has 0 aromatic heterocycles. The average molecular weight is 393 g/mol. The van der Waals surface area contributed by atoms with Gasteiger partial charge in [0.05, 0.1) is 0 Å². The number of benzene rings is 1. The van der Waals surface area contributed by atoms with E-state index in [0.717, 1.165) is 31.1 Å². The van der Waals surface area contributed by atoms with E-state index in [2.05, 4.69) is 43.7 Å². The molecule has 0 saturated carbocycles. The Morgan fingerprint density at radius 3 is 2.70 bits per heavy atom. The standard InChI is InChI=1S/C21H32N2O3S/c1-16-13-22(4)20(2,3)15-23(16)14-17-6-5-7-18(12-17)26-21(19(24)25)8-10-27-11-9-21/h5-7,12,16H,8-11,13-15H2,1-4H3,(H,24,25)/t16-/m0/s1. The Labute approximate surface area is 167 Å². The van der Waals surface area contributed by atoms with E-state index in [9.17, 15) is 9.90 Å². The van der Waals surface area contributed by atoms with Crippen LogP contribution in [0, 0.1) is 0 Å². The van der Waals surface area contributed by atoms with E-state index >= 15 is 0 Å². The molecular formula is C21H32N2O3S. The van der Waals surface area contributed by atoms with Gasteiger partial charge in [0.25, 0.3) is 0 Å². The number of piperazine rings is 1. The monoisotopic (exact) mass is 392 g/mol. The van der Waals surface area contributed by atoms with Gasteiger partial charge < -0.3 is 9.84 Å². The molecule has 0 aliphatic carbocycles. The number of carboxylic acid groups (broad SMARTS) is 1. The third-order valence-electron chi connectivity index (χ3n) is 6.07. The second-order valence-electron chi connectivity index (χ2n) is 8.61. The molecule has 3 rings (SSSR count). The molecule has 150 valence electrons. The quantitative estimate of drug-likeness (QED) is 0.830. The first-order valence-electron chi connectivity index (χ1n) is 9.76. The van der Waals surface area contributed by atoms with Crippen molar-refractivity contribution in [3.63, 3.8) is 0 Å². The van der Waals surface area contributed by atoms with Gasteiger partial charge in [0.1, 0.15) is 5.75 Å². The van der Waals surface area contributed by atoms with E-state index in [-0.39, 0.29) is 5.54 Å². The summed E-state index contributed by atoms with van der Waals surface area (Å²) >= 11 is 1.80. The summed E-state index contributed by atoms with van der Waals surface area (Å²) in [6.45, 7) is 9.73. The van der Waals surface area contributed by atoms with E-state index in [4.69, 9.17) is 4.74 Å². The molecule has 1 aromatic carbocycles. The fourth-order valence-corrected chi connectivity index (χ4v) is 5.12. The Morgan fingerprint density at radius 1 is 1.33 bits per heavy atom. The molecule has 5 nitrogen and oxygen atoms in total. The van der Waals surface area contributed by atoms with Crippen molar-refractivity contribution in [2.75, 3.05) is 31.6 Å². The van der Waals surface area contributed by atoms with Gasteiger partial charge in [0.15, 0.2) is 0 Å². The van der Waals surface area contributed by atoms with Crippen molar-refractivity contribution in [3.8, 4) is 5.75 Å². The Morgan fingerprint density at radius 2 is 2.04 bits per heavy atom. The lowest BCUT2D eigenvalue weighted by atomic mass is 9.96. The Hall–Kier alpha value is -1.24. The summed E-state index contributed by atoms with van der Waals surface area (Å²) in [5.41, 5.74) is 0.242. The van der Waals surface area contributed by atoms with Crippen LogP contribution in [0.3, 0.4) is 0 Å². The predicted molar refractivity (Wildman–Crippen MR) is 111 cm³/mol.